The molecule has 1 aliphatic rings. The fourth-order valence-corrected chi connectivity index (χ4v) is 2.60. The highest BCUT2D eigenvalue weighted by Crippen LogP contribution is 2.26. The first-order valence-electron chi connectivity index (χ1n) is 8.72. The van der Waals surface area contributed by atoms with E-state index in [0.29, 0.717) is 23.5 Å². The molecule has 0 saturated heterocycles. The molecule has 27 heavy (non-hydrogen) atoms. The number of benzene rings is 2. The van der Waals surface area contributed by atoms with E-state index < -0.39 is 10.8 Å². The number of nitro groups is 1. The van der Waals surface area contributed by atoms with Crippen molar-refractivity contribution in [1.82, 2.24) is 5.32 Å². The molecule has 0 aliphatic heterocycles. The van der Waals surface area contributed by atoms with Crippen LogP contribution in [0.15, 0.2) is 42.5 Å². The first-order valence-corrected chi connectivity index (χ1v) is 8.72. The number of nitrogens with zero attached hydrogens (tertiary/aromatic N) is 1. The van der Waals surface area contributed by atoms with E-state index in [2.05, 4.69) is 16.0 Å². The van der Waals surface area contributed by atoms with E-state index in [1.807, 2.05) is 6.92 Å². The summed E-state index contributed by atoms with van der Waals surface area (Å²) in [5, 5.41) is 19.7. The van der Waals surface area contributed by atoms with Gasteiger partial charge in [-0.05, 0) is 50.1 Å². The van der Waals surface area contributed by atoms with Crippen LogP contribution in [-0.2, 0) is 0 Å². The van der Waals surface area contributed by atoms with Crippen molar-refractivity contribution in [1.29, 1.82) is 0 Å². The zero-order valence-electron chi connectivity index (χ0n) is 14.8. The summed E-state index contributed by atoms with van der Waals surface area (Å²) in [5.74, 6) is -0.667. The Bertz CT molecular complexity index is 893. The standard InChI is InChI=1S/C19H20N4O4/c1-2-20-16-9-6-13(11-17(16)23(26)27)19(25)22-15-5-3-4-12(10-15)18(24)21-14-7-8-14/h3-6,9-11,14,20H,2,7-8H2,1H3,(H,21,24)(H,22,25). The lowest BCUT2D eigenvalue weighted by molar-refractivity contribution is -0.384. The highest BCUT2D eigenvalue weighted by atomic mass is 16.6. The molecule has 0 atom stereocenters. The number of anilines is 2. The molecule has 0 heterocycles. The third-order valence-electron chi connectivity index (χ3n) is 4.12. The lowest BCUT2D eigenvalue weighted by Crippen LogP contribution is -2.25. The Morgan fingerprint density at radius 2 is 1.85 bits per heavy atom. The maximum absolute atomic E-state index is 12.5. The molecule has 1 saturated carbocycles. The molecule has 0 bridgehead atoms. The van der Waals surface area contributed by atoms with Crippen molar-refractivity contribution < 1.29 is 14.5 Å². The molecule has 8 heteroatoms. The molecule has 1 aliphatic carbocycles. The van der Waals surface area contributed by atoms with Crippen LogP contribution < -0.4 is 16.0 Å². The molecule has 8 nitrogen and oxygen atoms in total. The average Bonchev–Trinajstić information content (AvgIpc) is 3.46. The number of hydrogen-bond donors (Lipinski definition) is 3. The van der Waals surface area contributed by atoms with Gasteiger partial charge in [-0.2, -0.15) is 0 Å². The summed E-state index contributed by atoms with van der Waals surface area (Å²) in [5.41, 5.74) is 1.26. The zero-order valence-corrected chi connectivity index (χ0v) is 14.8. The first-order chi connectivity index (χ1) is 13.0. The van der Waals surface area contributed by atoms with Gasteiger partial charge in [0.1, 0.15) is 5.69 Å². The van der Waals surface area contributed by atoms with Crippen molar-refractivity contribution in [2.45, 2.75) is 25.8 Å². The number of nitro benzene ring substituents is 1. The summed E-state index contributed by atoms with van der Waals surface area (Å²) in [6, 6.07) is 11.1. The zero-order chi connectivity index (χ0) is 19.4. The van der Waals surface area contributed by atoms with E-state index in [9.17, 15) is 19.7 Å². The maximum Gasteiger partial charge on any atom is 0.293 e. The first kappa shape index (κ1) is 18.4. The van der Waals surface area contributed by atoms with Crippen molar-refractivity contribution in [3.63, 3.8) is 0 Å². The van der Waals surface area contributed by atoms with Crippen molar-refractivity contribution >= 4 is 28.9 Å². The predicted octanol–water partition coefficient (Wildman–Crippen LogP) is 3.17. The number of nitrogens with one attached hydrogen (secondary N) is 3. The maximum atomic E-state index is 12.5. The molecule has 1 fully saturated rings. The van der Waals surface area contributed by atoms with Crippen LogP contribution in [0.5, 0.6) is 0 Å². The quantitative estimate of drug-likeness (QED) is 0.513. The van der Waals surface area contributed by atoms with Crippen LogP contribution in [0.2, 0.25) is 0 Å². The SMILES string of the molecule is CCNc1ccc(C(=O)Nc2cccc(C(=O)NC3CC3)c2)cc1[N+](=O)[O-]. The molecule has 0 radical (unpaired) electrons. The van der Waals surface area contributed by atoms with Gasteiger partial charge in [0, 0.05) is 35.5 Å². The summed E-state index contributed by atoms with van der Waals surface area (Å²) < 4.78 is 0. The fourth-order valence-electron chi connectivity index (χ4n) is 2.60. The predicted molar refractivity (Wildman–Crippen MR) is 102 cm³/mol. The van der Waals surface area contributed by atoms with Crippen molar-refractivity contribution in [2.24, 2.45) is 0 Å². The second-order valence-corrected chi connectivity index (χ2v) is 6.30. The van der Waals surface area contributed by atoms with Crippen molar-refractivity contribution in [3.8, 4) is 0 Å². The van der Waals surface area contributed by atoms with Crippen molar-refractivity contribution in [3.05, 3.63) is 63.7 Å². The Morgan fingerprint density at radius 1 is 1.11 bits per heavy atom. The van der Waals surface area contributed by atoms with Gasteiger partial charge in [0.05, 0.1) is 4.92 Å². The van der Waals surface area contributed by atoms with Gasteiger partial charge >= 0.3 is 0 Å². The normalized spacial score (nSPS) is 12.9. The van der Waals surface area contributed by atoms with Crippen LogP contribution >= 0.6 is 0 Å². The summed E-state index contributed by atoms with van der Waals surface area (Å²) in [4.78, 5) is 35.3. The molecule has 140 valence electrons. The molecular weight excluding hydrogens is 348 g/mol. The second kappa shape index (κ2) is 7.86. The van der Waals surface area contributed by atoms with Crippen LogP contribution in [0.1, 0.15) is 40.5 Å². The van der Waals surface area contributed by atoms with Gasteiger partial charge in [0.15, 0.2) is 0 Å². The highest BCUT2D eigenvalue weighted by Gasteiger charge is 2.24. The van der Waals surface area contributed by atoms with Gasteiger partial charge in [0.25, 0.3) is 17.5 Å². The van der Waals surface area contributed by atoms with Crippen LogP contribution in [0.25, 0.3) is 0 Å². The van der Waals surface area contributed by atoms with Gasteiger partial charge in [-0.1, -0.05) is 6.07 Å². The molecule has 2 aromatic carbocycles. The Kier molecular flexibility index (Phi) is 5.35. The van der Waals surface area contributed by atoms with Crippen LogP contribution in [-0.4, -0.2) is 29.3 Å². The third kappa shape index (κ3) is 4.60. The number of rotatable bonds is 7. The summed E-state index contributed by atoms with van der Waals surface area (Å²) >= 11 is 0. The molecule has 2 amide bonds. The molecule has 3 N–H and O–H groups in total. The van der Waals surface area contributed by atoms with Crippen LogP contribution in [0.4, 0.5) is 17.1 Å². The van der Waals surface area contributed by atoms with E-state index in [4.69, 9.17) is 0 Å². The van der Waals surface area contributed by atoms with E-state index in [-0.39, 0.29) is 23.2 Å². The summed E-state index contributed by atoms with van der Waals surface area (Å²) in [7, 11) is 0. The van der Waals surface area contributed by atoms with Gasteiger partial charge in [-0.15, -0.1) is 0 Å². The van der Waals surface area contributed by atoms with E-state index in [1.165, 1.54) is 18.2 Å². The van der Waals surface area contributed by atoms with Gasteiger partial charge in [-0.3, -0.25) is 19.7 Å². The number of amides is 2. The van der Waals surface area contributed by atoms with E-state index in [1.54, 1.807) is 24.3 Å². The number of carbonyl (C=O) groups excluding carboxylic acids is 2. The smallest absolute Gasteiger partial charge is 0.293 e. The van der Waals surface area contributed by atoms with Crippen molar-refractivity contribution in [2.75, 3.05) is 17.2 Å². The van der Waals surface area contributed by atoms with Crippen LogP contribution in [0.3, 0.4) is 0 Å². The topological polar surface area (TPSA) is 113 Å². The van der Waals surface area contributed by atoms with E-state index >= 15 is 0 Å². The Labute approximate surface area is 156 Å². The molecule has 3 rings (SSSR count). The molecule has 0 aromatic heterocycles. The molecular formula is C19H20N4O4. The summed E-state index contributed by atoms with van der Waals surface area (Å²) in [6.07, 6.45) is 1.98. The monoisotopic (exact) mass is 368 g/mol. The average molecular weight is 368 g/mol. The third-order valence-corrected chi connectivity index (χ3v) is 4.12. The Balaban J connectivity index is 1.76. The lowest BCUT2D eigenvalue weighted by Gasteiger charge is -2.09. The Morgan fingerprint density at radius 3 is 2.52 bits per heavy atom. The minimum Gasteiger partial charge on any atom is -0.380 e. The number of hydrogen-bond acceptors (Lipinski definition) is 5. The van der Waals surface area contributed by atoms with Gasteiger partial charge in [0.2, 0.25) is 0 Å². The lowest BCUT2D eigenvalue weighted by atomic mass is 10.1. The highest BCUT2D eigenvalue weighted by molar-refractivity contribution is 6.06. The number of carbonyl (C=O) groups is 2. The van der Waals surface area contributed by atoms with Crippen LogP contribution in [0, 0.1) is 10.1 Å². The summed E-state index contributed by atoms with van der Waals surface area (Å²) in [6.45, 7) is 2.36. The van der Waals surface area contributed by atoms with E-state index in [0.717, 1.165) is 12.8 Å². The van der Waals surface area contributed by atoms with Gasteiger partial charge < -0.3 is 16.0 Å². The minimum absolute atomic E-state index is 0.163. The molecule has 0 spiro atoms. The molecule has 2 aromatic rings. The molecule has 0 unspecified atom stereocenters. The largest absolute Gasteiger partial charge is 0.380 e. The minimum atomic E-state index is -0.530. The fraction of sp³-hybridized carbons (Fsp3) is 0.263. The second-order valence-electron chi connectivity index (χ2n) is 6.30. The Hall–Kier alpha value is -3.42. The van der Waals surface area contributed by atoms with Gasteiger partial charge in [-0.25, -0.2) is 0 Å².